The molecule has 6 rings (SSSR count). The average Bonchev–Trinajstić information content (AvgIpc) is 3.33. The fourth-order valence-electron chi connectivity index (χ4n) is 10.4. The highest BCUT2D eigenvalue weighted by atomic mass is 16.6. The Balaban J connectivity index is 1.18. The van der Waals surface area contributed by atoms with Crippen molar-refractivity contribution in [2.75, 3.05) is 19.6 Å². The smallest absolute Gasteiger partial charge is 0.407 e. The number of nitrogens with zero attached hydrogens (tertiary/aromatic N) is 1. The van der Waals surface area contributed by atoms with Crippen LogP contribution in [-0.4, -0.2) is 59.8 Å². The van der Waals surface area contributed by atoms with Crippen LogP contribution in [0.25, 0.3) is 0 Å². The van der Waals surface area contributed by atoms with E-state index < -0.39 is 5.60 Å². The molecule has 2 saturated carbocycles. The second kappa shape index (κ2) is 10.5. The van der Waals surface area contributed by atoms with Crippen LogP contribution in [0.2, 0.25) is 0 Å². The third-order valence-corrected chi connectivity index (χ3v) is 12.2. The number of carbonyl (C=O) groups excluding carboxylic acids is 2. The third kappa shape index (κ3) is 5.24. The number of hydrogen-bond acceptors (Lipinski definition) is 5. The highest BCUT2D eigenvalue weighted by molar-refractivity contribution is 5.91. The van der Waals surface area contributed by atoms with Crippen LogP contribution in [0, 0.1) is 35.0 Å². The van der Waals surface area contributed by atoms with Crippen molar-refractivity contribution >= 4 is 11.9 Å². The predicted octanol–water partition coefficient (Wildman–Crippen LogP) is 6.84. The molecule has 0 aromatic rings. The Morgan fingerprint density at radius 3 is 2.73 bits per heavy atom. The number of hydrogen-bond donors (Lipinski definition) is 1. The summed E-state index contributed by atoms with van der Waals surface area (Å²) >= 11 is 0. The van der Waals surface area contributed by atoms with E-state index in [-0.39, 0.29) is 23.2 Å². The molecule has 1 unspecified atom stereocenters. The van der Waals surface area contributed by atoms with E-state index in [0.29, 0.717) is 42.0 Å². The lowest BCUT2D eigenvalue weighted by Crippen LogP contribution is -2.53. The van der Waals surface area contributed by atoms with Crippen LogP contribution in [0.5, 0.6) is 0 Å². The van der Waals surface area contributed by atoms with Crippen LogP contribution >= 0.6 is 0 Å². The van der Waals surface area contributed by atoms with Gasteiger partial charge < -0.3 is 14.8 Å². The van der Waals surface area contributed by atoms with Crippen molar-refractivity contribution in [3.05, 3.63) is 22.8 Å². The van der Waals surface area contributed by atoms with Crippen molar-refractivity contribution in [2.24, 2.45) is 35.0 Å². The zero-order valence-electron chi connectivity index (χ0n) is 26.7. The molecule has 4 fully saturated rings. The molecule has 0 radical (unpaired) electrons. The molecule has 4 aliphatic carbocycles. The Morgan fingerprint density at radius 2 is 1.98 bits per heavy atom. The Kier molecular flexibility index (Phi) is 7.54. The third-order valence-electron chi connectivity index (χ3n) is 12.2. The molecule has 6 aliphatic rings. The molecule has 0 bridgehead atoms. The van der Waals surface area contributed by atoms with Crippen LogP contribution in [0.15, 0.2) is 22.8 Å². The number of fused-ring (bicyclic) bond motifs is 6. The number of rotatable bonds is 3. The Hall–Kier alpha value is -1.66. The highest BCUT2D eigenvalue weighted by Crippen LogP contribution is 2.64. The largest absolute Gasteiger partial charge is 0.444 e. The van der Waals surface area contributed by atoms with E-state index in [1.54, 1.807) is 11.1 Å². The number of nitrogens with one attached hydrogen (secondary N) is 1. The first-order chi connectivity index (χ1) is 19.3. The number of alkyl carbamates (subject to hydrolysis) is 1. The van der Waals surface area contributed by atoms with Crippen molar-refractivity contribution in [1.82, 2.24) is 10.2 Å². The number of ketones is 1. The molecule has 2 saturated heterocycles. The number of piperidine rings is 1. The SMILES string of the molecule is CC1=C2C[C@H]3C(CCC4=CC(=O)CC[C@@]43C)[C@@H]2CC[C@@]2(C1)O[C@@H]1C[C@H](C)CN(CCNC(=O)OC(C)(C)C)[C@H]1[C@H]2C. The second-order valence-corrected chi connectivity index (χ2v) is 16.0. The minimum Gasteiger partial charge on any atom is -0.444 e. The first-order valence-electron chi connectivity index (χ1n) is 16.6. The van der Waals surface area contributed by atoms with Crippen molar-refractivity contribution in [2.45, 2.75) is 130 Å². The summed E-state index contributed by atoms with van der Waals surface area (Å²) in [4.78, 5) is 27.1. The van der Waals surface area contributed by atoms with E-state index in [0.717, 1.165) is 57.5 Å². The van der Waals surface area contributed by atoms with Gasteiger partial charge in [-0.1, -0.05) is 37.5 Å². The van der Waals surface area contributed by atoms with Gasteiger partial charge in [0.1, 0.15) is 5.60 Å². The number of allylic oxidation sites excluding steroid dienone is 3. The second-order valence-electron chi connectivity index (χ2n) is 16.0. The molecule has 9 atom stereocenters. The van der Waals surface area contributed by atoms with Crippen molar-refractivity contribution in [3.63, 3.8) is 0 Å². The molecule has 2 aliphatic heterocycles. The number of ether oxygens (including phenoxy) is 2. The van der Waals surface area contributed by atoms with Crippen LogP contribution in [0.1, 0.15) is 106 Å². The number of amides is 1. The Bertz CT molecular complexity index is 1140. The van der Waals surface area contributed by atoms with E-state index in [2.05, 4.69) is 37.9 Å². The monoisotopic (exact) mass is 566 g/mol. The summed E-state index contributed by atoms with van der Waals surface area (Å²) in [6.45, 7) is 17.9. The standard InChI is InChI=1S/C35H54N2O4/c1-21-16-30-31(37(20-21)15-14-36-32(39)41-33(4,5)6)23(3)35(40-30)13-11-26-27-9-8-24-17-25(38)10-12-34(24,7)29(27)18-28(26)22(2)19-35/h17,21,23,26-27,29-31H,8-16,18-20H2,1-7H3,(H,36,39)/t21-,23+,26-,27?,29-,30+,31-,34-,35-/m0/s1. The molecule has 0 aromatic heterocycles. The van der Waals surface area contributed by atoms with Gasteiger partial charge in [0.2, 0.25) is 0 Å². The zero-order valence-corrected chi connectivity index (χ0v) is 26.7. The van der Waals surface area contributed by atoms with Gasteiger partial charge in [0.25, 0.3) is 0 Å². The summed E-state index contributed by atoms with van der Waals surface area (Å²) in [6.07, 6.45) is 11.9. The molecule has 6 nitrogen and oxygen atoms in total. The lowest BCUT2D eigenvalue weighted by Gasteiger charge is -2.48. The van der Waals surface area contributed by atoms with E-state index in [1.807, 2.05) is 26.8 Å². The van der Waals surface area contributed by atoms with Gasteiger partial charge >= 0.3 is 6.09 Å². The van der Waals surface area contributed by atoms with Gasteiger partial charge in [-0.05, 0) is 114 Å². The van der Waals surface area contributed by atoms with Gasteiger partial charge in [-0.3, -0.25) is 9.69 Å². The molecule has 228 valence electrons. The topological polar surface area (TPSA) is 67.9 Å². The van der Waals surface area contributed by atoms with Crippen LogP contribution in [-0.2, 0) is 14.3 Å². The Labute approximate surface area is 248 Å². The molecular formula is C35H54N2O4. The van der Waals surface area contributed by atoms with Crippen LogP contribution in [0.3, 0.4) is 0 Å². The lowest BCUT2D eigenvalue weighted by molar-refractivity contribution is -0.116. The minimum atomic E-state index is -0.483. The summed E-state index contributed by atoms with van der Waals surface area (Å²) in [6, 6.07) is 0.399. The number of carbonyl (C=O) groups is 2. The molecule has 41 heavy (non-hydrogen) atoms. The summed E-state index contributed by atoms with van der Waals surface area (Å²) in [7, 11) is 0. The quantitative estimate of drug-likeness (QED) is 0.379. The van der Waals surface area contributed by atoms with E-state index >= 15 is 0 Å². The first kappa shape index (κ1) is 29.4. The summed E-state index contributed by atoms with van der Waals surface area (Å²) in [5.41, 5.74) is 4.43. The summed E-state index contributed by atoms with van der Waals surface area (Å²) in [5.74, 6) is 3.51. The molecule has 1 N–H and O–H groups in total. The zero-order chi connectivity index (χ0) is 29.3. The molecule has 6 heteroatoms. The maximum atomic E-state index is 12.3. The van der Waals surface area contributed by atoms with Gasteiger partial charge in [0.05, 0.1) is 11.7 Å². The van der Waals surface area contributed by atoms with E-state index in [1.165, 1.54) is 24.8 Å². The lowest BCUT2D eigenvalue weighted by atomic mass is 9.56. The van der Waals surface area contributed by atoms with Crippen molar-refractivity contribution in [1.29, 1.82) is 0 Å². The first-order valence-corrected chi connectivity index (χ1v) is 16.6. The van der Waals surface area contributed by atoms with Crippen molar-refractivity contribution < 1.29 is 19.1 Å². The maximum Gasteiger partial charge on any atom is 0.407 e. The molecule has 2 heterocycles. The molecule has 1 amide bonds. The van der Waals surface area contributed by atoms with Crippen molar-refractivity contribution in [3.8, 4) is 0 Å². The van der Waals surface area contributed by atoms with Gasteiger partial charge in [0.15, 0.2) is 5.78 Å². The molecule has 1 spiro atoms. The predicted molar refractivity (Wildman–Crippen MR) is 161 cm³/mol. The van der Waals surface area contributed by atoms with Crippen LogP contribution < -0.4 is 5.32 Å². The maximum absolute atomic E-state index is 12.3. The highest BCUT2D eigenvalue weighted by Gasteiger charge is 2.59. The summed E-state index contributed by atoms with van der Waals surface area (Å²) < 4.78 is 12.7. The minimum absolute atomic E-state index is 0.0892. The number of likely N-dealkylation sites (tertiary alicyclic amines) is 1. The molecule has 0 aromatic carbocycles. The Morgan fingerprint density at radius 1 is 1.20 bits per heavy atom. The van der Waals surface area contributed by atoms with E-state index in [9.17, 15) is 9.59 Å². The van der Waals surface area contributed by atoms with Gasteiger partial charge in [-0.15, -0.1) is 0 Å². The fourth-order valence-corrected chi connectivity index (χ4v) is 10.4. The van der Waals surface area contributed by atoms with E-state index in [4.69, 9.17) is 9.47 Å². The normalized spacial score (nSPS) is 42.7. The molecular weight excluding hydrogens is 512 g/mol. The fraction of sp³-hybridized carbons (Fsp3) is 0.829. The van der Waals surface area contributed by atoms with Gasteiger partial charge in [-0.2, -0.15) is 0 Å². The van der Waals surface area contributed by atoms with Gasteiger partial charge in [0, 0.05) is 38.0 Å². The average molecular weight is 567 g/mol. The summed E-state index contributed by atoms with van der Waals surface area (Å²) in [5, 5.41) is 2.99. The van der Waals surface area contributed by atoms with Gasteiger partial charge in [-0.25, -0.2) is 4.79 Å². The van der Waals surface area contributed by atoms with Crippen LogP contribution in [0.4, 0.5) is 4.79 Å².